The summed E-state index contributed by atoms with van der Waals surface area (Å²) in [6, 6.07) is 4.34. The van der Waals surface area contributed by atoms with Gasteiger partial charge in [0.15, 0.2) is 5.13 Å². The molecule has 2 saturated carbocycles. The van der Waals surface area contributed by atoms with Crippen molar-refractivity contribution in [3.05, 3.63) is 39.9 Å². The second kappa shape index (κ2) is 9.72. The summed E-state index contributed by atoms with van der Waals surface area (Å²) in [5, 5.41) is 19.0. The van der Waals surface area contributed by atoms with Crippen LogP contribution >= 0.6 is 11.3 Å². The summed E-state index contributed by atoms with van der Waals surface area (Å²) >= 11 is 1.51. The van der Waals surface area contributed by atoms with Crippen LogP contribution in [0.5, 0.6) is 5.75 Å². The molecule has 2 N–H and O–H groups in total. The standard InChI is InChI=1S/C30H41N3O3S/c1-17-16-31-28(37-17)32-26(35)10-8-19-14-25(33-36-6)30(5)12-11-20-21(27(19)30)9-7-18-13-24(34)23(15-22(18)20)29(2,3)4/h13,15-16,19-21,27,34H,7-12,14H2,1-6H3,(H,31,32,35). The molecule has 0 saturated heterocycles. The van der Waals surface area contributed by atoms with E-state index in [9.17, 15) is 9.90 Å². The number of oxime groups is 1. The van der Waals surface area contributed by atoms with E-state index < -0.39 is 0 Å². The van der Waals surface area contributed by atoms with Crippen molar-refractivity contribution in [2.75, 3.05) is 12.4 Å². The normalized spacial score (nSPS) is 29.9. The van der Waals surface area contributed by atoms with Crippen molar-refractivity contribution in [3.8, 4) is 5.75 Å². The third-order valence-electron chi connectivity index (χ3n) is 9.33. The molecule has 5 rings (SSSR count). The average Bonchev–Trinajstić information content (AvgIpc) is 3.36. The predicted octanol–water partition coefficient (Wildman–Crippen LogP) is 6.96. The topological polar surface area (TPSA) is 83.8 Å². The molecular formula is C30H41N3O3S. The highest BCUT2D eigenvalue weighted by molar-refractivity contribution is 7.15. The van der Waals surface area contributed by atoms with Gasteiger partial charge in [0.25, 0.3) is 0 Å². The third kappa shape index (κ3) is 4.80. The highest BCUT2D eigenvalue weighted by Crippen LogP contribution is 2.63. The van der Waals surface area contributed by atoms with Crippen molar-refractivity contribution in [3.63, 3.8) is 0 Å². The van der Waals surface area contributed by atoms with Gasteiger partial charge in [-0.05, 0) is 97.3 Å². The molecule has 2 aromatic rings. The molecule has 5 unspecified atom stereocenters. The number of nitrogens with one attached hydrogen (secondary N) is 1. The second-order valence-electron chi connectivity index (χ2n) is 12.7. The number of rotatable bonds is 5. The molecule has 37 heavy (non-hydrogen) atoms. The minimum absolute atomic E-state index is 0.00597. The number of aromatic hydroxyl groups is 1. The molecule has 3 aliphatic rings. The SMILES string of the molecule is CON=C1CC(CCC(=O)Nc2ncc(C)s2)C2C3CCc4cc(O)c(C(C)(C)C)cc4C3CCC12C. The lowest BCUT2D eigenvalue weighted by Gasteiger charge is -2.50. The van der Waals surface area contributed by atoms with E-state index in [0.29, 0.717) is 41.0 Å². The van der Waals surface area contributed by atoms with E-state index >= 15 is 0 Å². The van der Waals surface area contributed by atoms with Gasteiger partial charge in [-0.3, -0.25) is 4.79 Å². The number of hydrogen-bond donors (Lipinski definition) is 2. The van der Waals surface area contributed by atoms with E-state index in [0.717, 1.165) is 49.0 Å². The highest BCUT2D eigenvalue weighted by atomic mass is 32.1. The first-order valence-electron chi connectivity index (χ1n) is 13.7. The first-order chi connectivity index (χ1) is 17.5. The number of fused-ring (bicyclic) bond motifs is 5. The van der Waals surface area contributed by atoms with E-state index in [-0.39, 0.29) is 16.7 Å². The molecule has 200 valence electrons. The van der Waals surface area contributed by atoms with Crippen LogP contribution in [0.25, 0.3) is 0 Å². The minimum atomic E-state index is -0.104. The number of phenols is 1. The van der Waals surface area contributed by atoms with Crippen molar-refractivity contribution in [2.45, 2.75) is 90.9 Å². The number of aromatic nitrogens is 1. The van der Waals surface area contributed by atoms with Crippen LogP contribution in [0.15, 0.2) is 23.5 Å². The van der Waals surface area contributed by atoms with Crippen molar-refractivity contribution in [2.24, 2.45) is 28.3 Å². The van der Waals surface area contributed by atoms with Gasteiger partial charge in [-0.1, -0.05) is 38.9 Å². The van der Waals surface area contributed by atoms with Crippen molar-refractivity contribution in [1.82, 2.24) is 4.98 Å². The number of anilines is 1. The fourth-order valence-corrected chi connectivity index (χ4v) is 8.40. The van der Waals surface area contributed by atoms with Crippen LogP contribution in [-0.4, -0.2) is 28.8 Å². The van der Waals surface area contributed by atoms with Crippen molar-refractivity contribution >= 4 is 28.1 Å². The van der Waals surface area contributed by atoms with E-state index in [2.05, 4.69) is 49.2 Å². The Morgan fingerprint density at radius 3 is 2.78 bits per heavy atom. The van der Waals surface area contributed by atoms with Gasteiger partial charge in [-0.2, -0.15) is 0 Å². The van der Waals surface area contributed by atoms with Gasteiger partial charge in [0.05, 0.1) is 5.71 Å². The minimum Gasteiger partial charge on any atom is -0.508 e. The zero-order valence-corrected chi connectivity index (χ0v) is 23.9. The lowest BCUT2D eigenvalue weighted by molar-refractivity contribution is -0.116. The Kier molecular flexibility index (Phi) is 6.88. The maximum absolute atomic E-state index is 12.8. The Balaban J connectivity index is 1.42. The lowest BCUT2D eigenvalue weighted by atomic mass is 9.53. The fraction of sp³-hybridized carbons (Fsp3) is 0.633. The number of carbonyl (C=O) groups excluding carboxylic acids is 1. The van der Waals surface area contributed by atoms with Gasteiger partial charge < -0.3 is 15.3 Å². The molecule has 7 heteroatoms. The van der Waals surface area contributed by atoms with Crippen LogP contribution in [0.2, 0.25) is 0 Å². The first-order valence-corrected chi connectivity index (χ1v) is 14.5. The summed E-state index contributed by atoms with van der Waals surface area (Å²) in [4.78, 5) is 23.5. The van der Waals surface area contributed by atoms with Crippen LogP contribution < -0.4 is 5.32 Å². The van der Waals surface area contributed by atoms with Gasteiger partial charge in [0.2, 0.25) is 5.91 Å². The Hall–Kier alpha value is -2.41. The Labute approximate surface area is 224 Å². The molecular weight excluding hydrogens is 482 g/mol. The van der Waals surface area contributed by atoms with Gasteiger partial charge >= 0.3 is 0 Å². The van der Waals surface area contributed by atoms with Crippen molar-refractivity contribution < 1.29 is 14.7 Å². The van der Waals surface area contributed by atoms with Gasteiger partial charge in [-0.15, -0.1) is 11.3 Å². The predicted molar refractivity (Wildman–Crippen MR) is 149 cm³/mol. The molecule has 0 aliphatic heterocycles. The molecule has 0 radical (unpaired) electrons. The highest BCUT2D eigenvalue weighted by Gasteiger charge is 2.57. The van der Waals surface area contributed by atoms with E-state index in [1.54, 1.807) is 13.3 Å². The monoisotopic (exact) mass is 523 g/mol. The zero-order valence-electron chi connectivity index (χ0n) is 23.1. The van der Waals surface area contributed by atoms with Crippen LogP contribution in [-0.2, 0) is 21.5 Å². The molecule has 1 aromatic carbocycles. The number of carbonyl (C=O) groups is 1. The van der Waals surface area contributed by atoms with E-state index in [1.807, 2.05) is 13.0 Å². The zero-order chi connectivity index (χ0) is 26.5. The van der Waals surface area contributed by atoms with Gasteiger partial charge in [-0.25, -0.2) is 4.98 Å². The molecule has 3 aliphatic carbocycles. The lowest BCUT2D eigenvalue weighted by Crippen LogP contribution is -2.44. The fourth-order valence-electron chi connectivity index (χ4n) is 7.72. The quantitative estimate of drug-likeness (QED) is 0.415. The second-order valence-corrected chi connectivity index (χ2v) is 13.9. The Bertz CT molecular complexity index is 1210. The number of nitrogens with zero attached hydrogens (tertiary/aromatic N) is 2. The summed E-state index contributed by atoms with van der Waals surface area (Å²) in [7, 11) is 1.64. The number of hydrogen-bond acceptors (Lipinski definition) is 6. The maximum atomic E-state index is 12.8. The van der Waals surface area contributed by atoms with Crippen molar-refractivity contribution in [1.29, 1.82) is 0 Å². The number of amides is 1. The molecule has 1 heterocycles. The summed E-state index contributed by atoms with van der Waals surface area (Å²) in [6.45, 7) is 10.9. The molecule has 0 bridgehead atoms. The third-order valence-corrected chi connectivity index (χ3v) is 10.2. The first kappa shape index (κ1) is 26.2. The van der Waals surface area contributed by atoms with Crippen LogP contribution in [0.4, 0.5) is 5.13 Å². The molecule has 0 spiro atoms. The van der Waals surface area contributed by atoms with E-state index in [4.69, 9.17) is 4.84 Å². The molecule has 2 fully saturated rings. The Morgan fingerprint density at radius 2 is 2.11 bits per heavy atom. The van der Waals surface area contributed by atoms with Crippen LogP contribution in [0.1, 0.15) is 93.7 Å². The van der Waals surface area contributed by atoms with E-state index in [1.165, 1.54) is 28.2 Å². The average molecular weight is 524 g/mol. The molecule has 5 atom stereocenters. The molecule has 6 nitrogen and oxygen atoms in total. The van der Waals surface area contributed by atoms with Crippen LogP contribution in [0, 0.1) is 30.1 Å². The number of phenolic OH excluding ortho intramolecular Hbond substituents is 1. The number of benzene rings is 1. The molecule has 1 amide bonds. The summed E-state index contributed by atoms with van der Waals surface area (Å²) < 4.78 is 0. The van der Waals surface area contributed by atoms with Gasteiger partial charge in [0.1, 0.15) is 12.9 Å². The van der Waals surface area contributed by atoms with Crippen LogP contribution in [0.3, 0.4) is 0 Å². The number of thiazole rings is 1. The summed E-state index contributed by atoms with van der Waals surface area (Å²) in [6.07, 6.45) is 8.35. The summed E-state index contributed by atoms with van der Waals surface area (Å²) in [5.41, 5.74) is 4.87. The smallest absolute Gasteiger partial charge is 0.226 e. The Morgan fingerprint density at radius 1 is 1.32 bits per heavy atom. The molecule has 1 aromatic heterocycles. The summed E-state index contributed by atoms with van der Waals surface area (Å²) in [5.74, 6) is 2.37. The number of aryl methyl sites for hydroxylation is 2. The maximum Gasteiger partial charge on any atom is 0.226 e. The van der Waals surface area contributed by atoms with Gasteiger partial charge in [0, 0.05) is 22.9 Å². The largest absolute Gasteiger partial charge is 0.508 e.